The van der Waals surface area contributed by atoms with Gasteiger partial charge in [-0.2, -0.15) is 0 Å². The summed E-state index contributed by atoms with van der Waals surface area (Å²) in [6, 6.07) is 14.8. The second kappa shape index (κ2) is 5.60. The van der Waals surface area contributed by atoms with Crippen molar-refractivity contribution in [3.63, 3.8) is 0 Å². The van der Waals surface area contributed by atoms with Gasteiger partial charge in [0.15, 0.2) is 0 Å². The maximum absolute atomic E-state index is 12.1. The van der Waals surface area contributed by atoms with Crippen LogP contribution >= 0.6 is 7.60 Å². The van der Waals surface area contributed by atoms with E-state index in [0.717, 1.165) is 16.7 Å². The zero-order valence-electron chi connectivity index (χ0n) is 11.0. The van der Waals surface area contributed by atoms with Crippen LogP contribution in [0.25, 0.3) is 0 Å². The Hall–Kier alpha value is -1.57. The summed E-state index contributed by atoms with van der Waals surface area (Å²) in [6.45, 7) is 3.78. The van der Waals surface area contributed by atoms with Gasteiger partial charge in [0, 0.05) is 0 Å². The lowest BCUT2D eigenvalue weighted by Crippen LogP contribution is -1.97. The van der Waals surface area contributed by atoms with Crippen molar-refractivity contribution in [3.8, 4) is 5.75 Å². The van der Waals surface area contributed by atoms with Gasteiger partial charge in [-0.1, -0.05) is 42.5 Å². The van der Waals surface area contributed by atoms with Crippen molar-refractivity contribution in [2.45, 2.75) is 20.0 Å². The molecular weight excluding hydrogens is 259 g/mol. The van der Waals surface area contributed by atoms with E-state index in [1.165, 1.54) is 0 Å². The summed E-state index contributed by atoms with van der Waals surface area (Å²) in [5.74, 6) is 0.474. The Balaban J connectivity index is 2.17. The molecule has 0 aromatic heterocycles. The average Bonchev–Trinajstić information content (AvgIpc) is 2.34. The van der Waals surface area contributed by atoms with Gasteiger partial charge in [-0.15, -0.1) is 0 Å². The largest absolute Gasteiger partial charge is 0.424 e. The first-order valence-electron chi connectivity index (χ1n) is 6.09. The average molecular weight is 276 g/mol. The predicted octanol–water partition coefficient (Wildman–Crippen LogP) is 4.07. The lowest BCUT2D eigenvalue weighted by atomic mass is 10.1. The zero-order valence-corrected chi connectivity index (χ0v) is 11.9. The Kier molecular flexibility index (Phi) is 4.08. The van der Waals surface area contributed by atoms with Crippen LogP contribution in [0.2, 0.25) is 0 Å². The quantitative estimate of drug-likeness (QED) is 0.856. The number of aryl methyl sites for hydroxylation is 2. The molecule has 0 aliphatic carbocycles. The van der Waals surface area contributed by atoms with Gasteiger partial charge in [-0.25, -0.2) is 4.57 Å². The van der Waals surface area contributed by atoms with Crippen molar-refractivity contribution in [1.29, 1.82) is 0 Å². The Morgan fingerprint density at radius 3 is 2.47 bits per heavy atom. The topological polar surface area (TPSA) is 46.5 Å². The van der Waals surface area contributed by atoms with Crippen molar-refractivity contribution in [2.75, 3.05) is 0 Å². The second-order valence-corrected chi connectivity index (χ2v) is 6.42. The maximum atomic E-state index is 12.1. The van der Waals surface area contributed by atoms with Crippen LogP contribution in [-0.2, 0) is 10.7 Å². The molecule has 2 aromatic rings. The van der Waals surface area contributed by atoms with Crippen molar-refractivity contribution in [2.24, 2.45) is 0 Å². The highest BCUT2D eigenvalue weighted by Gasteiger charge is 2.22. The summed E-state index contributed by atoms with van der Waals surface area (Å²) in [7, 11) is -3.68. The summed E-state index contributed by atoms with van der Waals surface area (Å²) in [5.41, 5.74) is 2.65. The van der Waals surface area contributed by atoms with Crippen LogP contribution in [0.3, 0.4) is 0 Å². The van der Waals surface area contributed by atoms with Crippen molar-refractivity contribution in [1.82, 2.24) is 0 Å². The summed E-state index contributed by atoms with van der Waals surface area (Å²) in [4.78, 5) is 9.97. The van der Waals surface area contributed by atoms with E-state index in [4.69, 9.17) is 4.52 Å². The van der Waals surface area contributed by atoms with E-state index in [0.29, 0.717) is 5.75 Å². The van der Waals surface area contributed by atoms with Crippen LogP contribution in [0, 0.1) is 13.8 Å². The van der Waals surface area contributed by atoms with E-state index in [2.05, 4.69) is 0 Å². The lowest BCUT2D eigenvalue weighted by Gasteiger charge is -2.15. The summed E-state index contributed by atoms with van der Waals surface area (Å²) in [5, 5.41) is 0. The fraction of sp³-hybridized carbons (Fsp3) is 0.200. The highest BCUT2D eigenvalue weighted by Crippen LogP contribution is 2.46. The summed E-state index contributed by atoms with van der Waals surface area (Å²) >= 11 is 0. The Bertz CT molecular complexity index is 608. The molecule has 2 aromatic carbocycles. The first kappa shape index (κ1) is 13.9. The van der Waals surface area contributed by atoms with Gasteiger partial charge in [-0.05, 0) is 36.6 Å². The van der Waals surface area contributed by atoms with Crippen LogP contribution in [0.15, 0.2) is 48.5 Å². The van der Waals surface area contributed by atoms with Crippen molar-refractivity contribution >= 4 is 7.60 Å². The molecule has 1 N–H and O–H groups in total. The SMILES string of the molecule is Cc1ccc(C)c(OP(=O)(O)Cc2ccccc2)c1. The number of rotatable bonds is 4. The van der Waals surface area contributed by atoms with Crippen LogP contribution in [0.1, 0.15) is 16.7 Å². The van der Waals surface area contributed by atoms with Gasteiger partial charge in [0.2, 0.25) is 0 Å². The minimum Gasteiger partial charge on any atom is -0.424 e. The lowest BCUT2D eigenvalue weighted by molar-refractivity contribution is 0.377. The van der Waals surface area contributed by atoms with E-state index in [1.54, 1.807) is 6.07 Å². The molecule has 0 aliphatic heterocycles. The molecule has 0 heterocycles. The van der Waals surface area contributed by atoms with Gasteiger partial charge in [-0.3, -0.25) is 0 Å². The van der Waals surface area contributed by atoms with E-state index in [-0.39, 0.29) is 6.16 Å². The van der Waals surface area contributed by atoms with Crippen molar-refractivity contribution in [3.05, 3.63) is 65.2 Å². The summed E-state index contributed by atoms with van der Waals surface area (Å²) < 4.78 is 17.5. The minimum absolute atomic E-state index is 0.0151. The van der Waals surface area contributed by atoms with Gasteiger partial charge < -0.3 is 9.42 Å². The first-order valence-corrected chi connectivity index (χ1v) is 7.85. The molecule has 3 nitrogen and oxygen atoms in total. The number of benzene rings is 2. The fourth-order valence-corrected chi connectivity index (χ4v) is 3.05. The maximum Gasteiger partial charge on any atom is 0.380 e. The van der Waals surface area contributed by atoms with Crippen LogP contribution in [0.4, 0.5) is 0 Å². The van der Waals surface area contributed by atoms with Gasteiger partial charge >= 0.3 is 7.60 Å². The minimum atomic E-state index is -3.68. The third-order valence-electron chi connectivity index (χ3n) is 2.81. The molecular formula is C15H17O3P. The standard InChI is InChI=1S/C15H17O3P/c1-12-8-9-13(2)15(10-12)18-19(16,17)11-14-6-4-3-5-7-14/h3-10H,11H2,1-2H3,(H,16,17). The van der Waals surface area contributed by atoms with Gasteiger partial charge in [0.05, 0.1) is 6.16 Å². The molecule has 1 unspecified atom stereocenters. The highest BCUT2D eigenvalue weighted by atomic mass is 31.2. The van der Waals surface area contributed by atoms with Gasteiger partial charge in [0.1, 0.15) is 5.75 Å². The monoisotopic (exact) mass is 276 g/mol. The van der Waals surface area contributed by atoms with Crippen LogP contribution < -0.4 is 4.52 Å². The molecule has 0 aliphatic rings. The fourth-order valence-electron chi connectivity index (χ4n) is 1.81. The Labute approximate surface area is 113 Å². The molecule has 0 saturated heterocycles. The van der Waals surface area contributed by atoms with Gasteiger partial charge in [0.25, 0.3) is 0 Å². The molecule has 0 spiro atoms. The Morgan fingerprint density at radius 1 is 1.11 bits per heavy atom. The zero-order chi connectivity index (χ0) is 13.9. The smallest absolute Gasteiger partial charge is 0.380 e. The van der Waals surface area contributed by atoms with E-state index in [9.17, 15) is 9.46 Å². The predicted molar refractivity (Wildman–Crippen MR) is 76.5 cm³/mol. The van der Waals surface area contributed by atoms with Crippen LogP contribution in [-0.4, -0.2) is 4.89 Å². The normalized spacial score (nSPS) is 13.8. The number of hydrogen-bond donors (Lipinski definition) is 1. The molecule has 0 saturated carbocycles. The molecule has 1 atom stereocenters. The van der Waals surface area contributed by atoms with E-state index < -0.39 is 7.60 Å². The van der Waals surface area contributed by atoms with Crippen LogP contribution in [0.5, 0.6) is 5.75 Å². The molecule has 2 rings (SSSR count). The third-order valence-corrected chi connectivity index (χ3v) is 4.06. The molecule has 0 fully saturated rings. The molecule has 19 heavy (non-hydrogen) atoms. The molecule has 100 valence electrons. The number of hydrogen-bond acceptors (Lipinski definition) is 2. The van der Waals surface area contributed by atoms with E-state index in [1.807, 2.05) is 56.3 Å². The summed E-state index contributed by atoms with van der Waals surface area (Å²) in [6.07, 6.45) is 0.0151. The molecule has 0 amide bonds. The van der Waals surface area contributed by atoms with Crippen molar-refractivity contribution < 1.29 is 14.0 Å². The molecule has 0 bridgehead atoms. The van der Waals surface area contributed by atoms with E-state index >= 15 is 0 Å². The Morgan fingerprint density at radius 2 is 1.79 bits per heavy atom. The second-order valence-electron chi connectivity index (χ2n) is 4.64. The molecule has 4 heteroatoms. The third kappa shape index (κ3) is 3.95. The first-order chi connectivity index (χ1) is 8.96. The highest BCUT2D eigenvalue weighted by molar-refractivity contribution is 7.52. The molecule has 0 radical (unpaired) electrons.